The van der Waals surface area contributed by atoms with Crippen LogP contribution in [0.25, 0.3) is 0 Å². The van der Waals surface area contributed by atoms with Gasteiger partial charge in [0.1, 0.15) is 24.5 Å². The van der Waals surface area contributed by atoms with Gasteiger partial charge in [-0.1, -0.05) is 72.8 Å². The number of carbonyl (C=O) groups excluding carboxylic acids is 1. The summed E-state index contributed by atoms with van der Waals surface area (Å²) in [4.78, 5) is 15.2. The summed E-state index contributed by atoms with van der Waals surface area (Å²) in [5.41, 5.74) is 2.55. The molecule has 0 spiro atoms. The summed E-state index contributed by atoms with van der Waals surface area (Å²) in [5, 5.41) is 24.5. The molecule has 0 aromatic heterocycles. The lowest BCUT2D eigenvalue weighted by Crippen LogP contribution is -2.50. The van der Waals surface area contributed by atoms with Gasteiger partial charge in [0.05, 0.1) is 12.6 Å². The standard InChI is InChI=1S/C28H32N2O4/c31-19-25(22-11-5-2-6-12-22)29-26(28(33)30-17-7-8-18-30)27(32)23-13-15-24(16-14-23)34-20-21-9-3-1-4-10-21/h1-6,9-16,25-27,29,31-32H,7-8,17-20H2/t25?,26-,27+/m0/s1. The molecule has 1 unspecified atom stereocenters. The number of rotatable bonds is 10. The molecule has 1 heterocycles. The fourth-order valence-electron chi connectivity index (χ4n) is 4.28. The van der Waals surface area contributed by atoms with Gasteiger partial charge in [0.2, 0.25) is 5.91 Å². The zero-order valence-corrected chi connectivity index (χ0v) is 19.2. The van der Waals surface area contributed by atoms with Gasteiger partial charge in [-0.25, -0.2) is 0 Å². The summed E-state index contributed by atoms with van der Waals surface area (Å²) in [6, 6.07) is 25.2. The highest BCUT2D eigenvalue weighted by Gasteiger charge is 2.34. The molecule has 6 nitrogen and oxygen atoms in total. The number of carbonyl (C=O) groups is 1. The van der Waals surface area contributed by atoms with Gasteiger partial charge < -0.3 is 19.8 Å². The van der Waals surface area contributed by atoms with Crippen molar-refractivity contribution in [3.8, 4) is 5.75 Å². The van der Waals surface area contributed by atoms with E-state index in [1.807, 2.05) is 60.7 Å². The summed E-state index contributed by atoms with van der Waals surface area (Å²) in [7, 11) is 0. The van der Waals surface area contributed by atoms with E-state index < -0.39 is 18.2 Å². The minimum atomic E-state index is -1.07. The Bertz CT molecular complexity index is 1020. The Morgan fingerprint density at radius 3 is 2.12 bits per heavy atom. The van der Waals surface area contributed by atoms with Crippen molar-refractivity contribution in [2.24, 2.45) is 0 Å². The quantitative estimate of drug-likeness (QED) is 0.431. The van der Waals surface area contributed by atoms with E-state index in [0.29, 0.717) is 31.0 Å². The first kappa shape index (κ1) is 24.0. The van der Waals surface area contributed by atoms with Crippen molar-refractivity contribution in [2.75, 3.05) is 19.7 Å². The summed E-state index contributed by atoms with van der Waals surface area (Å²) in [6.07, 6.45) is 0.850. The van der Waals surface area contributed by atoms with Gasteiger partial charge in [-0.05, 0) is 41.7 Å². The van der Waals surface area contributed by atoms with E-state index in [9.17, 15) is 15.0 Å². The number of hydrogen-bond donors (Lipinski definition) is 3. The molecule has 1 aliphatic rings. The lowest BCUT2D eigenvalue weighted by molar-refractivity contribution is -0.135. The third-order valence-corrected chi connectivity index (χ3v) is 6.23. The highest BCUT2D eigenvalue weighted by Crippen LogP contribution is 2.25. The van der Waals surface area contributed by atoms with Crippen LogP contribution in [-0.2, 0) is 11.4 Å². The zero-order valence-electron chi connectivity index (χ0n) is 19.2. The van der Waals surface area contributed by atoms with E-state index in [-0.39, 0.29) is 12.5 Å². The maximum atomic E-state index is 13.4. The Hall–Kier alpha value is -3.19. The molecule has 4 rings (SSSR count). The second-order valence-electron chi connectivity index (χ2n) is 8.61. The molecule has 1 fully saturated rings. The number of nitrogens with one attached hydrogen (secondary N) is 1. The second kappa shape index (κ2) is 11.8. The van der Waals surface area contributed by atoms with Crippen LogP contribution in [-0.4, -0.2) is 46.8 Å². The van der Waals surface area contributed by atoms with Crippen molar-refractivity contribution in [3.05, 3.63) is 102 Å². The average Bonchev–Trinajstić information content (AvgIpc) is 3.44. The van der Waals surface area contributed by atoms with E-state index in [2.05, 4.69) is 5.32 Å². The minimum absolute atomic E-state index is 0.149. The van der Waals surface area contributed by atoms with Crippen molar-refractivity contribution in [2.45, 2.75) is 37.6 Å². The van der Waals surface area contributed by atoms with Crippen LogP contribution in [0, 0.1) is 0 Å². The Morgan fingerprint density at radius 2 is 1.50 bits per heavy atom. The lowest BCUT2D eigenvalue weighted by Gasteiger charge is -2.31. The smallest absolute Gasteiger partial charge is 0.242 e. The summed E-state index contributed by atoms with van der Waals surface area (Å²) < 4.78 is 5.85. The van der Waals surface area contributed by atoms with Gasteiger partial charge in [-0.15, -0.1) is 0 Å². The number of aliphatic hydroxyl groups is 2. The molecular weight excluding hydrogens is 428 g/mol. The summed E-state index contributed by atoms with van der Waals surface area (Å²) >= 11 is 0. The first-order chi connectivity index (χ1) is 16.7. The van der Waals surface area contributed by atoms with Crippen LogP contribution in [0.1, 0.15) is 41.7 Å². The van der Waals surface area contributed by atoms with Crippen molar-refractivity contribution >= 4 is 5.91 Å². The predicted octanol–water partition coefficient (Wildman–Crippen LogP) is 3.61. The maximum absolute atomic E-state index is 13.4. The largest absolute Gasteiger partial charge is 0.489 e. The van der Waals surface area contributed by atoms with Crippen LogP contribution in [0.4, 0.5) is 0 Å². The number of nitrogens with zero attached hydrogens (tertiary/aromatic N) is 1. The Labute approximate surface area is 200 Å². The maximum Gasteiger partial charge on any atom is 0.242 e. The monoisotopic (exact) mass is 460 g/mol. The first-order valence-electron chi connectivity index (χ1n) is 11.8. The molecule has 6 heteroatoms. The normalized spacial score (nSPS) is 16.1. The number of ether oxygens (including phenoxy) is 1. The molecule has 1 amide bonds. The van der Waals surface area contributed by atoms with Gasteiger partial charge in [0.25, 0.3) is 0 Å². The van der Waals surface area contributed by atoms with E-state index in [1.54, 1.807) is 29.2 Å². The molecule has 34 heavy (non-hydrogen) atoms. The van der Waals surface area contributed by atoms with Crippen LogP contribution >= 0.6 is 0 Å². The van der Waals surface area contributed by atoms with Crippen molar-refractivity contribution in [3.63, 3.8) is 0 Å². The van der Waals surface area contributed by atoms with E-state index in [0.717, 1.165) is 24.0 Å². The summed E-state index contributed by atoms with van der Waals surface area (Å²) in [6.45, 7) is 1.64. The van der Waals surface area contributed by atoms with Crippen molar-refractivity contribution < 1.29 is 19.7 Å². The number of benzene rings is 3. The third kappa shape index (κ3) is 6.03. The number of likely N-dealkylation sites (tertiary alicyclic amines) is 1. The number of amides is 1. The van der Waals surface area contributed by atoms with Gasteiger partial charge in [0.15, 0.2) is 0 Å². The van der Waals surface area contributed by atoms with Crippen molar-refractivity contribution in [1.82, 2.24) is 10.2 Å². The number of hydrogen-bond acceptors (Lipinski definition) is 5. The molecule has 0 radical (unpaired) electrons. The molecule has 3 aromatic rings. The first-order valence-corrected chi connectivity index (χ1v) is 11.8. The molecular formula is C28H32N2O4. The molecule has 0 bridgehead atoms. The molecule has 3 N–H and O–H groups in total. The Morgan fingerprint density at radius 1 is 0.882 bits per heavy atom. The average molecular weight is 461 g/mol. The van der Waals surface area contributed by atoms with Crippen LogP contribution in [0.2, 0.25) is 0 Å². The van der Waals surface area contributed by atoms with Crippen LogP contribution in [0.15, 0.2) is 84.9 Å². The third-order valence-electron chi connectivity index (χ3n) is 6.23. The molecule has 178 valence electrons. The van der Waals surface area contributed by atoms with Gasteiger partial charge >= 0.3 is 0 Å². The predicted molar refractivity (Wildman–Crippen MR) is 131 cm³/mol. The molecule has 1 saturated heterocycles. The summed E-state index contributed by atoms with van der Waals surface area (Å²) in [5.74, 6) is 0.538. The molecule has 3 atom stereocenters. The minimum Gasteiger partial charge on any atom is -0.489 e. The zero-order chi connectivity index (χ0) is 23.8. The SMILES string of the molecule is O=C([C@@H](NC(CO)c1ccccc1)[C@H](O)c1ccc(OCc2ccccc2)cc1)N1CCCC1. The van der Waals surface area contributed by atoms with E-state index >= 15 is 0 Å². The van der Waals surface area contributed by atoms with Crippen molar-refractivity contribution in [1.29, 1.82) is 0 Å². The van der Waals surface area contributed by atoms with Crippen LogP contribution in [0.3, 0.4) is 0 Å². The molecule has 0 aliphatic carbocycles. The highest BCUT2D eigenvalue weighted by atomic mass is 16.5. The molecule has 0 saturated carbocycles. The van der Waals surface area contributed by atoms with Gasteiger partial charge in [-0.2, -0.15) is 0 Å². The lowest BCUT2D eigenvalue weighted by atomic mass is 9.98. The van der Waals surface area contributed by atoms with Crippen LogP contribution < -0.4 is 10.1 Å². The topological polar surface area (TPSA) is 82.0 Å². The van der Waals surface area contributed by atoms with Gasteiger partial charge in [-0.3, -0.25) is 10.1 Å². The fraction of sp³-hybridized carbons (Fsp3) is 0.321. The van der Waals surface area contributed by atoms with E-state index in [4.69, 9.17) is 4.74 Å². The number of aliphatic hydroxyl groups excluding tert-OH is 2. The Kier molecular flexibility index (Phi) is 8.31. The fourth-order valence-corrected chi connectivity index (χ4v) is 4.28. The molecule has 1 aliphatic heterocycles. The molecule has 3 aromatic carbocycles. The second-order valence-corrected chi connectivity index (χ2v) is 8.61. The van der Waals surface area contributed by atoms with E-state index in [1.165, 1.54) is 0 Å². The van der Waals surface area contributed by atoms with Gasteiger partial charge in [0, 0.05) is 13.1 Å². The van der Waals surface area contributed by atoms with Crippen LogP contribution in [0.5, 0.6) is 5.75 Å². The highest BCUT2D eigenvalue weighted by molar-refractivity contribution is 5.83. The Balaban J connectivity index is 1.49.